The summed E-state index contributed by atoms with van der Waals surface area (Å²) in [5.41, 5.74) is 6.89. The standard InChI is InChI=1S/C15H21N3O/c1-19-15-14(16)17-7-12(18-15)13-10-3-8-2-9(5-10)6-11(13)4-8/h7-11,13H,2-6H2,1H3,(H2,16,17). The second-order valence-electron chi connectivity index (χ2n) is 6.65. The Kier molecular flexibility index (Phi) is 2.47. The summed E-state index contributed by atoms with van der Waals surface area (Å²) in [6.07, 6.45) is 8.94. The molecule has 0 atom stereocenters. The van der Waals surface area contributed by atoms with Crippen molar-refractivity contribution in [1.29, 1.82) is 0 Å². The molecule has 19 heavy (non-hydrogen) atoms. The van der Waals surface area contributed by atoms with Crippen LogP contribution in [0.15, 0.2) is 6.20 Å². The Morgan fingerprint density at radius 2 is 1.74 bits per heavy atom. The van der Waals surface area contributed by atoms with E-state index in [1.165, 1.54) is 32.1 Å². The molecule has 4 nitrogen and oxygen atoms in total. The largest absolute Gasteiger partial charge is 0.478 e. The summed E-state index contributed by atoms with van der Waals surface area (Å²) in [7, 11) is 1.61. The van der Waals surface area contributed by atoms with Crippen LogP contribution in [0.25, 0.3) is 0 Å². The van der Waals surface area contributed by atoms with Crippen molar-refractivity contribution in [2.24, 2.45) is 23.7 Å². The summed E-state index contributed by atoms with van der Waals surface area (Å²) in [6.45, 7) is 0. The Labute approximate surface area is 113 Å². The van der Waals surface area contributed by atoms with Gasteiger partial charge in [-0.15, -0.1) is 0 Å². The van der Waals surface area contributed by atoms with Crippen molar-refractivity contribution < 1.29 is 4.74 Å². The summed E-state index contributed by atoms with van der Waals surface area (Å²) >= 11 is 0. The van der Waals surface area contributed by atoms with Crippen molar-refractivity contribution in [3.63, 3.8) is 0 Å². The highest BCUT2D eigenvalue weighted by Crippen LogP contribution is 2.59. The van der Waals surface area contributed by atoms with E-state index in [1.807, 2.05) is 6.20 Å². The Balaban J connectivity index is 1.69. The number of rotatable bonds is 2. The molecule has 4 fully saturated rings. The quantitative estimate of drug-likeness (QED) is 0.886. The van der Waals surface area contributed by atoms with Gasteiger partial charge in [-0.2, -0.15) is 0 Å². The van der Waals surface area contributed by atoms with Gasteiger partial charge in [-0.3, -0.25) is 0 Å². The van der Waals surface area contributed by atoms with Gasteiger partial charge in [0.05, 0.1) is 19.0 Å². The smallest absolute Gasteiger partial charge is 0.257 e. The molecule has 4 aliphatic carbocycles. The average Bonchev–Trinajstić information content (AvgIpc) is 2.39. The first-order chi connectivity index (χ1) is 9.24. The molecule has 1 aromatic heterocycles. The lowest BCUT2D eigenvalue weighted by Crippen LogP contribution is -2.44. The van der Waals surface area contributed by atoms with Gasteiger partial charge in [0.2, 0.25) is 0 Å². The second kappa shape index (κ2) is 4.09. The molecule has 0 amide bonds. The normalized spacial score (nSPS) is 39.5. The van der Waals surface area contributed by atoms with Crippen molar-refractivity contribution in [2.45, 2.75) is 38.0 Å². The first-order valence-corrected chi connectivity index (χ1v) is 7.41. The number of anilines is 1. The van der Waals surface area contributed by atoms with Crippen LogP contribution in [0.2, 0.25) is 0 Å². The molecular weight excluding hydrogens is 238 g/mol. The van der Waals surface area contributed by atoms with Crippen LogP contribution in [0.4, 0.5) is 5.82 Å². The van der Waals surface area contributed by atoms with E-state index in [9.17, 15) is 0 Å². The third kappa shape index (κ3) is 1.72. The number of aromatic nitrogens is 2. The highest BCUT2D eigenvalue weighted by atomic mass is 16.5. The molecule has 0 unspecified atom stereocenters. The minimum absolute atomic E-state index is 0.398. The van der Waals surface area contributed by atoms with E-state index in [4.69, 9.17) is 10.5 Å². The number of ether oxygens (including phenoxy) is 1. The van der Waals surface area contributed by atoms with E-state index in [0.717, 1.165) is 29.4 Å². The van der Waals surface area contributed by atoms with Gasteiger partial charge in [0, 0.05) is 5.92 Å². The van der Waals surface area contributed by atoms with Crippen LogP contribution in [0, 0.1) is 23.7 Å². The fraction of sp³-hybridized carbons (Fsp3) is 0.733. The zero-order chi connectivity index (χ0) is 13.0. The molecule has 102 valence electrons. The fourth-order valence-corrected chi connectivity index (χ4v) is 5.11. The Bertz CT molecular complexity index is 474. The lowest BCUT2D eigenvalue weighted by atomic mass is 9.51. The molecule has 2 N–H and O–H groups in total. The number of nitrogens with zero attached hydrogens (tertiary/aromatic N) is 2. The van der Waals surface area contributed by atoms with Gasteiger partial charge in [-0.1, -0.05) is 0 Å². The predicted molar refractivity (Wildman–Crippen MR) is 72.8 cm³/mol. The molecule has 0 spiro atoms. The van der Waals surface area contributed by atoms with Crippen LogP contribution in [-0.4, -0.2) is 17.1 Å². The molecule has 5 rings (SSSR count). The topological polar surface area (TPSA) is 61.0 Å². The Morgan fingerprint density at radius 1 is 1.11 bits per heavy atom. The second-order valence-corrected chi connectivity index (χ2v) is 6.65. The summed E-state index contributed by atoms with van der Waals surface area (Å²) in [6, 6.07) is 0. The molecule has 4 aliphatic rings. The molecule has 0 saturated heterocycles. The molecule has 1 aromatic rings. The minimum Gasteiger partial charge on any atom is -0.478 e. The van der Waals surface area contributed by atoms with Gasteiger partial charge in [0.25, 0.3) is 5.88 Å². The lowest BCUT2D eigenvalue weighted by molar-refractivity contribution is -0.00439. The van der Waals surface area contributed by atoms with E-state index in [-0.39, 0.29) is 0 Å². The van der Waals surface area contributed by atoms with Gasteiger partial charge < -0.3 is 10.5 Å². The van der Waals surface area contributed by atoms with Gasteiger partial charge in [0.1, 0.15) is 0 Å². The number of nitrogen functional groups attached to an aromatic ring is 1. The maximum absolute atomic E-state index is 5.78. The van der Waals surface area contributed by atoms with Crippen LogP contribution >= 0.6 is 0 Å². The molecule has 4 heteroatoms. The minimum atomic E-state index is 0.398. The van der Waals surface area contributed by atoms with Crippen molar-refractivity contribution >= 4 is 5.82 Å². The molecule has 4 saturated carbocycles. The van der Waals surface area contributed by atoms with Crippen molar-refractivity contribution in [3.8, 4) is 5.88 Å². The molecular formula is C15H21N3O. The Hall–Kier alpha value is -1.32. The monoisotopic (exact) mass is 259 g/mol. The van der Waals surface area contributed by atoms with Gasteiger partial charge >= 0.3 is 0 Å². The number of nitrogens with two attached hydrogens (primary N) is 1. The zero-order valence-electron chi connectivity index (χ0n) is 11.4. The number of methoxy groups -OCH3 is 1. The van der Waals surface area contributed by atoms with E-state index in [0.29, 0.717) is 17.6 Å². The van der Waals surface area contributed by atoms with Crippen molar-refractivity contribution in [2.75, 3.05) is 12.8 Å². The van der Waals surface area contributed by atoms with E-state index in [2.05, 4.69) is 9.97 Å². The SMILES string of the molecule is COc1nc(C2C3CC4CC(C3)CC2C4)cnc1N. The van der Waals surface area contributed by atoms with Crippen LogP contribution in [0.5, 0.6) is 5.88 Å². The van der Waals surface area contributed by atoms with Crippen LogP contribution < -0.4 is 10.5 Å². The van der Waals surface area contributed by atoms with Gasteiger partial charge in [0.15, 0.2) is 5.82 Å². The number of hydrogen-bond donors (Lipinski definition) is 1. The lowest BCUT2D eigenvalue weighted by Gasteiger charge is -2.54. The maximum Gasteiger partial charge on any atom is 0.257 e. The highest BCUT2D eigenvalue weighted by Gasteiger charge is 2.49. The highest BCUT2D eigenvalue weighted by molar-refractivity contribution is 5.40. The van der Waals surface area contributed by atoms with E-state index in [1.54, 1.807) is 7.11 Å². The van der Waals surface area contributed by atoms with Crippen molar-refractivity contribution in [1.82, 2.24) is 9.97 Å². The first-order valence-electron chi connectivity index (χ1n) is 7.41. The van der Waals surface area contributed by atoms with Crippen molar-refractivity contribution in [3.05, 3.63) is 11.9 Å². The van der Waals surface area contributed by atoms with Crippen LogP contribution in [0.3, 0.4) is 0 Å². The Morgan fingerprint density at radius 3 is 2.32 bits per heavy atom. The van der Waals surface area contributed by atoms with Gasteiger partial charge in [-0.05, 0) is 55.8 Å². The zero-order valence-corrected chi connectivity index (χ0v) is 11.4. The summed E-state index contributed by atoms with van der Waals surface area (Å²) in [5, 5.41) is 0. The van der Waals surface area contributed by atoms with Gasteiger partial charge in [-0.25, -0.2) is 9.97 Å². The summed E-state index contributed by atoms with van der Waals surface area (Å²) in [5.74, 6) is 5.10. The number of hydrogen-bond acceptors (Lipinski definition) is 4. The third-order valence-electron chi connectivity index (χ3n) is 5.55. The first kappa shape index (κ1) is 11.5. The van der Waals surface area contributed by atoms with Crippen LogP contribution in [0.1, 0.15) is 43.7 Å². The third-order valence-corrected chi connectivity index (χ3v) is 5.55. The molecule has 1 heterocycles. The molecule has 4 bridgehead atoms. The fourth-order valence-electron chi connectivity index (χ4n) is 5.11. The predicted octanol–water partition coefficient (Wildman–Crippen LogP) is 2.61. The molecule has 0 aliphatic heterocycles. The summed E-state index contributed by atoms with van der Waals surface area (Å²) in [4.78, 5) is 8.90. The average molecular weight is 259 g/mol. The van der Waals surface area contributed by atoms with E-state index < -0.39 is 0 Å². The molecule has 0 radical (unpaired) electrons. The summed E-state index contributed by atoms with van der Waals surface area (Å²) < 4.78 is 5.23. The van der Waals surface area contributed by atoms with Crippen LogP contribution in [-0.2, 0) is 0 Å². The maximum atomic E-state index is 5.78. The van der Waals surface area contributed by atoms with E-state index >= 15 is 0 Å². The molecule has 0 aromatic carbocycles.